The summed E-state index contributed by atoms with van der Waals surface area (Å²) in [5.74, 6) is 0.639. The number of hydrogen-bond acceptors (Lipinski definition) is 3. The monoisotopic (exact) mass is 326 g/mol. The number of carbonyl (C=O) groups is 1. The van der Waals surface area contributed by atoms with Gasteiger partial charge in [-0.25, -0.2) is 0 Å². The average molecular weight is 326 g/mol. The van der Waals surface area contributed by atoms with Crippen LogP contribution in [0.4, 0.5) is 0 Å². The zero-order chi connectivity index (χ0) is 16.4. The van der Waals surface area contributed by atoms with Crippen molar-refractivity contribution in [2.24, 2.45) is 0 Å². The van der Waals surface area contributed by atoms with Crippen molar-refractivity contribution in [2.75, 3.05) is 14.2 Å². The third-order valence-electron chi connectivity index (χ3n) is 3.65. The fraction of sp³-hybridized carbons (Fsp3) is 0.167. The van der Waals surface area contributed by atoms with E-state index in [2.05, 4.69) is 41.5 Å². The van der Waals surface area contributed by atoms with Crippen molar-refractivity contribution in [2.45, 2.75) is 16.7 Å². The lowest BCUT2D eigenvalue weighted by molar-refractivity contribution is 0.0956. The molecular formula is C18H18N2O2S. The summed E-state index contributed by atoms with van der Waals surface area (Å²) in [5, 5.41) is 3.67. The topological polar surface area (TPSA) is 54.1 Å². The highest BCUT2D eigenvalue weighted by Gasteiger charge is 2.18. The van der Waals surface area contributed by atoms with Crippen LogP contribution in [-0.4, -0.2) is 25.0 Å². The van der Waals surface area contributed by atoms with Gasteiger partial charge in [-0.15, -0.1) is 0 Å². The van der Waals surface area contributed by atoms with Gasteiger partial charge in [-0.1, -0.05) is 29.5 Å². The molecule has 1 heterocycles. The highest BCUT2D eigenvalue weighted by atomic mass is 32.2. The Hall–Kier alpha value is -2.40. The van der Waals surface area contributed by atoms with Crippen LogP contribution < -0.4 is 10.1 Å². The van der Waals surface area contributed by atoms with E-state index in [0.29, 0.717) is 5.69 Å². The molecule has 0 saturated heterocycles. The maximum atomic E-state index is 12.2. The van der Waals surface area contributed by atoms with Gasteiger partial charge in [-0.2, -0.15) is 0 Å². The van der Waals surface area contributed by atoms with Gasteiger partial charge in [0.1, 0.15) is 11.4 Å². The second-order valence-corrected chi connectivity index (χ2v) is 6.32. The number of benzene rings is 2. The molecule has 0 aliphatic heterocycles. The lowest BCUT2D eigenvalue weighted by atomic mass is 10.2. The number of aromatic amines is 1. The van der Waals surface area contributed by atoms with E-state index in [-0.39, 0.29) is 5.91 Å². The minimum absolute atomic E-state index is 0.130. The van der Waals surface area contributed by atoms with Crippen LogP contribution in [0.1, 0.15) is 16.1 Å². The molecule has 118 valence electrons. The molecule has 1 aromatic heterocycles. The number of amides is 1. The van der Waals surface area contributed by atoms with Gasteiger partial charge in [0.05, 0.1) is 12.0 Å². The Morgan fingerprint density at radius 3 is 2.57 bits per heavy atom. The summed E-state index contributed by atoms with van der Waals surface area (Å²) >= 11 is 1.57. The normalized spacial score (nSPS) is 10.7. The Bertz CT molecular complexity index is 853. The van der Waals surface area contributed by atoms with Gasteiger partial charge in [0.25, 0.3) is 5.91 Å². The highest BCUT2D eigenvalue weighted by Crippen LogP contribution is 2.38. The van der Waals surface area contributed by atoms with Crippen LogP contribution in [0.25, 0.3) is 10.9 Å². The second-order valence-electron chi connectivity index (χ2n) is 5.23. The molecule has 1 amide bonds. The van der Waals surface area contributed by atoms with Gasteiger partial charge >= 0.3 is 0 Å². The van der Waals surface area contributed by atoms with Crippen LogP contribution >= 0.6 is 11.8 Å². The van der Waals surface area contributed by atoms with E-state index in [1.54, 1.807) is 25.9 Å². The molecule has 2 N–H and O–H groups in total. The number of rotatable bonds is 4. The van der Waals surface area contributed by atoms with Crippen LogP contribution in [0.2, 0.25) is 0 Å². The summed E-state index contributed by atoms with van der Waals surface area (Å²) in [6, 6.07) is 14.0. The summed E-state index contributed by atoms with van der Waals surface area (Å²) in [6.07, 6.45) is 0. The number of methoxy groups -OCH3 is 1. The maximum absolute atomic E-state index is 12.2. The molecule has 23 heavy (non-hydrogen) atoms. The molecule has 5 heteroatoms. The molecule has 2 aromatic carbocycles. The van der Waals surface area contributed by atoms with Crippen LogP contribution in [0, 0.1) is 6.92 Å². The number of fused-ring (bicyclic) bond motifs is 1. The first kappa shape index (κ1) is 15.5. The smallest absolute Gasteiger partial charge is 0.268 e. The summed E-state index contributed by atoms with van der Waals surface area (Å²) in [6.45, 7) is 2.06. The van der Waals surface area contributed by atoms with Gasteiger partial charge in [-0.05, 0) is 37.3 Å². The van der Waals surface area contributed by atoms with Crippen molar-refractivity contribution >= 4 is 28.6 Å². The van der Waals surface area contributed by atoms with Crippen molar-refractivity contribution in [3.63, 3.8) is 0 Å². The molecular weight excluding hydrogens is 308 g/mol. The van der Waals surface area contributed by atoms with Crippen molar-refractivity contribution in [1.82, 2.24) is 10.3 Å². The lowest BCUT2D eigenvalue weighted by Crippen LogP contribution is -2.18. The Morgan fingerprint density at radius 2 is 1.91 bits per heavy atom. The van der Waals surface area contributed by atoms with Crippen LogP contribution in [0.15, 0.2) is 52.3 Å². The highest BCUT2D eigenvalue weighted by molar-refractivity contribution is 7.99. The standard InChI is InChI=1S/C18H18N2O2S/c1-11-4-7-13(8-5-11)23-17-14-10-12(22-3)6-9-15(14)20-16(17)18(21)19-2/h4-10,20H,1-3H3,(H,19,21). The number of carbonyl (C=O) groups excluding carboxylic acids is 1. The second kappa shape index (κ2) is 6.38. The molecule has 0 bridgehead atoms. The van der Waals surface area contributed by atoms with Crippen molar-refractivity contribution < 1.29 is 9.53 Å². The number of ether oxygens (including phenoxy) is 1. The Balaban J connectivity index is 2.13. The van der Waals surface area contributed by atoms with Crippen LogP contribution in [-0.2, 0) is 0 Å². The van der Waals surface area contributed by atoms with E-state index in [0.717, 1.165) is 26.4 Å². The average Bonchev–Trinajstić information content (AvgIpc) is 2.94. The van der Waals surface area contributed by atoms with E-state index in [1.165, 1.54) is 5.56 Å². The Morgan fingerprint density at radius 1 is 1.17 bits per heavy atom. The van der Waals surface area contributed by atoms with Gasteiger partial charge in [-0.3, -0.25) is 4.79 Å². The van der Waals surface area contributed by atoms with E-state index in [4.69, 9.17) is 4.74 Å². The van der Waals surface area contributed by atoms with Crippen molar-refractivity contribution in [3.05, 3.63) is 53.7 Å². The van der Waals surface area contributed by atoms with E-state index >= 15 is 0 Å². The molecule has 0 aliphatic rings. The largest absolute Gasteiger partial charge is 0.497 e. The summed E-state index contributed by atoms with van der Waals surface area (Å²) < 4.78 is 5.32. The third kappa shape index (κ3) is 3.05. The zero-order valence-electron chi connectivity index (χ0n) is 13.3. The van der Waals surface area contributed by atoms with Crippen LogP contribution in [0.3, 0.4) is 0 Å². The Labute approximate surface area is 139 Å². The molecule has 3 aromatic rings. The lowest BCUT2D eigenvalue weighted by Gasteiger charge is -2.05. The van der Waals surface area contributed by atoms with Gasteiger partial charge < -0.3 is 15.0 Å². The first-order valence-corrected chi connectivity index (χ1v) is 8.10. The summed E-state index contributed by atoms with van der Waals surface area (Å²) in [4.78, 5) is 17.4. The molecule has 0 unspecified atom stereocenters. The maximum Gasteiger partial charge on any atom is 0.268 e. The number of aromatic nitrogens is 1. The Kier molecular flexibility index (Phi) is 4.30. The number of hydrogen-bond donors (Lipinski definition) is 2. The molecule has 0 radical (unpaired) electrons. The first-order chi connectivity index (χ1) is 11.1. The predicted molar refractivity (Wildman–Crippen MR) is 93.5 cm³/mol. The molecule has 0 atom stereocenters. The molecule has 0 fully saturated rings. The van der Waals surface area contributed by atoms with Crippen molar-refractivity contribution in [1.29, 1.82) is 0 Å². The molecule has 0 saturated carbocycles. The fourth-order valence-electron chi connectivity index (χ4n) is 2.39. The van der Waals surface area contributed by atoms with Gasteiger partial charge in [0.15, 0.2) is 0 Å². The zero-order valence-corrected chi connectivity index (χ0v) is 14.1. The van der Waals surface area contributed by atoms with Crippen molar-refractivity contribution in [3.8, 4) is 5.75 Å². The SMILES string of the molecule is CNC(=O)c1[nH]c2ccc(OC)cc2c1Sc1ccc(C)cc1. The fourth-order valence-corrected chi connectivity index (χ4v) is 3.42. The van der Waals surface area contributed by atoms with E-state index in [1.807, 2.05) is 18.2 Å². The molecule has 4 nitrogen and oxygen atoms in total. The number of H-pyrrole nitrogens is 1. The minimum Gasteiger partial charge on any atom is -0.497 e. The van der Waals surface area contributed by atoms with Gasteiger partial charge in [0.2, 0.25) is 0 Å². The van der Waals surface area contributed by atoms with Crippen LogP contribution in [0.5, 0.6) is 5.75 Å². The predicted octanol–water partition coefficient (Wildman–Crippen LogP) is 4.00. The summed E-state index contributed by atoms with van der Waals surface area (Å²) in [7, 11) is 3.27. The molecule has 0 spiro atoms. The minimum atomic E-state index is -0.130. The third-order valence-corrected chi connectivity index (χ3v) is 4.79. The quantitative estimate of drug-likeness (QED) is 0.762. The van der Waals surface area contributed by atoms with E-state index in [9.17, 15) is 4.79 Å². The first-order valence-electron chi connectivity index (χ1n) is 7.28. The summed E-state index contributed by atoms with van der Waals surface area (Å²) in [5.41, 5.74) is 2.70. The van der Waals surface area contributed by atoms with E-state index < -0.39 is 0 Å². The number of nitrogens with one attached hydrogen (secondary N) is 2. The number of aryl methyl sites for hydroxylation is 1. The molecule has 3 rings (SSSR count). The van der Waals surface area contributed by atoms with Gasteiger partial charge in [0, 0.05) is 22.8 Å². The molecule has 0 aliphatic carbocycles.